The van der Waals surface area contributed by atoms with Crippen molar-refractivity contribution in [2.24, 2.45) is 0 Å². The molecule has 1 aromatic carbocycles. The van der Waals surface area contributed by atoms with Gasteiger partial charge < -0.3 is 10.6 Å². The van der Waals surface area contributed by atoms with Crippen molar-refractivity contribution in [2.75, 3.05) is 16.8 Å². The molecule has 2 N–H and O–H groups in total. The molecule has 2 aromatic rings. The van der Waals surface area contributed by atoms with Crippen LogP contribution in [-0.2, 0) is 14.6 Å². The molecular weight excluding hydrogens is 368 g/mol. The summed E-state index contributed by atoms with van der Waals surface area (Å²) in [6, 6.07) is 8.28. The molecule has 0 spiro atoms. The Balaban J connectivity index is 1.49. The van der Waals surface area contributed by atoms with Gasteiger partial charge in [-0.25, -0.2) is 13.1 Å². The lowest BCUT2D eigenvalue weighted by Gasteiger charge is -2.15. The Hall–Kier alpha value is -2.68. The second-order valence-corrected chi connectivity index (χ2v) is 9.27. The first-order chi connectivity index (χ1) is 12.8. The van der Waals surface area contributed by atoms with Crippen molar-refractivity contribution in [3.8, 4) is 0 Å². The molecule has 1 saturated heterocycles. The number of amides is 2. The van der Waals surface area contributed by atoms with E-state index < -0.39 is 9.84 Å². The molecule has 8 nitrogen and oxygen atoms in total. The fourth-order valence-corrected chi connectivity index (χ4v) is 5.41. The van der Waals surface area contributed by atoms with Crippen molar-refractivity contribution >= 4 is 27.5 Å². The third kappa shape index (κ3) is 3.46. The molecule has 3 heterocycles. The van der Waals surface area contributed by atoms with Crippen LogP contribution >= 0.6 is 0 Å². The molecule has 2 aliphatic rings. The Labute approximate surface area is 156 Å². The van der Waals surface area contributed by atoms with Gasteiger partial charge in [0.25, 0.3) is 5.91 Å². The molecule has 0 unspecified atom stereocenters. The number of aromatic nitrogens is 2. The molecule has 2 aliphatic heterocycles. The third-order valence-electron chi connectivity index (χ3n) is 4.96. The van der Waals surface area contributed by atoms with Crippen molar-refractivity contribution in [1.82, 2.24) is 15.1 Å². The third-order valence-corrected chi connectivity index (χ3v) is 6.71. The molecular formula is C18H20N4O4S. The Morgan fingerprint density at radius 3 is 2.89 bits per heavy atom. The first kappa shape index (κ1) is 17.7. The summed E-state index contributed by atoms with van der Waals surface area (Å²) in [6.45, 7) is 1.79. The van der Waals surface area contributed by atoms with Gasteiger partial charge in [0.15, 0.2) is 9.84 Å². The van der Waals surface area contributed by atoms with E-state index in [1.165, 1.54) is 0 Å². The molecule has 0 radical (unpaired) electrons. The number of anilines is 1. The van der Waals surface area contributed by atoms with Gasteiger partial charge in [-0.1, -0.05) is 18.2 Å². The lowest BCUT2D eigenvalue weighted by Crippen LogP contribution is -2.25. The van der Waals surface area contributed by atoms with E-state index in [2.05, 4.69) is 15.7 Å². The van der Waals surface area contributed by atoms with Crippen LogP contribution in [0, 0.1) is 6.92 Å². The lowest BCUT2D eigenvalue weighted by molar-refractivity contribution is -0.116. The van der Waals surface area contributed by atoms with Crippen LogP contribution in [0.15, 0.2) is 30.3 Å². The molecule has 27 heavy (non-hydrogen) atoms. The van der Waals surface area contributed by atoms with Crippen LogP contribution in [0.5, 0.6) is 0 Å². The second-order valence-electron chi connectivity index (χ2n) is 7.04. The average Bonchev–Trinajstić information content (AvgIpc) is 3.24. The van der Waals surface area contributed by atoms with E-state index in [1.54, 1.807) is 29.8 Å². The summed E-state index contributed by atoms with van der Waals surface area (Å²) in [5.74, 6) is 0.203. The number of hydrogen-bond acceptors (Lipinski definition) is 5. The van der Waals surface area contributed by atoms with E-state index in [9.17, 15) is 18.0 Å². The first-order valence-corrected chi connectivity index (χ1v) is 10.6. The number of hydrogen-bond donors (Lipinski definition) is 2. The SMILES string of the molecule is Cc1cc(NC(=O)C[C@H]2NC(=O)c3ccccc32)n([C@H]2CCS(=O)(=O)C2)n1. The van der Waals surface area contributed by atoms with Crippen molar-refractivity contribution in [3.05, 3.63) is 47.2 Å². The van der Waals surface area contributed by atoms with Crippen LogP contribution in [0.2, 0.25) is 0 Å². The van der Waals surface area contributed by atoms with Gasteiger partial charge in [-0.3, -0.25) is 9.59 Å². The molecule has 2 atom stereocenters. The minimum atomic E-state index is -3.06. The first-order valence-electron chi connectivity index (χ1n) is 8.78. The predicted molar refractivity (Wildman–Crippen MR) is 99.2 cm³/mol. The molecule has 142 valence electrons. The minimum Gasteiger partial charge on any atom is -0.345 e. The Morgan fingerprint density at radius 1 is 1.37 bits per heavy atom. The van der Waals surface area contributed by atoms with Crippen LogP contribution in [0.3, 0.4) is 0 Å². The van der Waals surface area contributed by atoms with Gasteiger partial charge in [0, 0.05) is 11.6 Å². The largest absolute Gasteiger partial charge is 0.345 e. The summed E-state index contributed by atoms with van der Waals surface area (Å²) in [5.41, 5.74) is 2.10. The van der Waals surface area contributed by atoms with E-state index in [1.807, 2.05) is 12.1 Å². The van der Waals surface area contributed by atoms with E-state index in [0.717, 1.165) is 5.56 Å². The summed E-state index contributed by atoms with van der Waals surface area (Å²) >= 11 is 0. The number of carbonyl (C=O) groups excluding carboxylic acids is 2. The fraction of sp³-hybridized carbons (Fsp3) is 0.389. The number of benzene rings is 1. The van der Waals surface area contributed by atoms with Crippen molar-refractivity contribution in [2.45, 2.75) is 31.8 Å². The predicted octanol–water partition coefficient (Wildman–Crippen LogP) is 1.36. The molecule has 9 heteroatoms. The molecule has 4 rings (SSSR count). The van der Waals surface area contributed by atoms with E-state index in [4.69, 9.17) is 0 Å². The maximum absolute atomic E-state index is 12.6. The number of sulfone groups is 1. The van der Waals surface area contributed by atoms with Crippen molar-refractivity contribution in [3.63, 3.8) is 0 Å². The zero-order chi connectivity index (χ0) is 19.2. The topological polar surface area (TPSA) is 110 Å². The Bertz CT molecular complexity index is 1030. The normalized spacial score (nSPS) is 23.1. The summed E-state index contributed by atoms with van der Waals surface area (Å²) in [7, 11) is -3.06. The van der Waals surface area contributed by atoms with Gasteiger partial charge in [0.2, 0.25) is 5.91 Å². The average molecular weight is 388 g/mol. The van der Waals surface area contributed by atoms with E-state index in [0.29, 0.717) is 23.5 Å². The van der Waals surface area contributed by atoms with Gasteiger partial charge in [0.1, 0.15) is 5.82 Å². The number of nitrogens with one attached hydrogen (secondary N) is 2. The molecule has 0 aliphatic carbocycles. The molecule has 0 bridgehead atoms. The lowest BCUT2D eigenvalue weighted by atomic mass is 10.0. The van der Waals surface area contributed by atoms with Crippen LogP contribution < -0.4 is 10.6 Å². The van der Waals surface area contributed by atoms with Gasteiger partial charge in [-0.15, -0.1) is 0 Å². The summed E-state index contributed by atoms with van der Waals surface area (Å²) in [6.07, 6.45) is 0.578. The van der Waals surface area contributed by atoms with E-state index >= 15 is 0 Å². The van der Waals surface area contributed by atoms with Gasteiger partial charge in [-0.05, 0) is 25.0 Å². The number of fused-ring (bicyclic) bond motifs is 1. The summed E-state index contributed by atoms with van der Waals surface area (Å²) in [4.78, 5) is 24.6. The zero-order valence-electron chi connectivity index (χ0n) is 14.8. The Kier molecular flexibility index (Phi) is 4.26. The van der Waals surface area contributed by atoms with Gasteiger partial charge in [-0.2, -0.15) is 5.10 Å². The molecule has 1 fully saturated rings. The quantitative estimate of drug-likeness (QED) is 0.822. The standard InChI is InChI=1S/C18H20N4O4S/c1-11-8-16(22(21-11)12-6-7-27(25,26)10-12)20-17(23)9-15-13-4-2-3-5-14(13)18(24)19-15/h2-5,8,12,15H,6-7,9-10H2,1H3,(H,19,24)(H,20,23)/t12-,15+/m0/s1. The number of aryl methyl sites for hydroxylation is 1. The van der Waals surface area contributed by atoms with Crippen molar-refractivity contribution < 1.29 is 18.0 Å². The van der Waals surface area contributed by atoms with Crippen molar-refractivity contribution in [1.29, 1.82) is 0 Å². The smallest absolute Gasteiger partial charge is 0.252 e. The maximum atomic E-state index is 12.6. The Morgan fingerprint density at radius 2 is 2.15 bits per heavy atom. The molecule has 2 amide bonds. The highest BCUT2D eigenvalue weighted by Crippen LogP contribution is 2.29. The molecule has 1 aromatic heterocycles. The van der Waals surface area contributed by atoms with Crippen LogP contribution in [0.25, 0.3) is 0 Å². The monoisotopic (exact) mass is 388 g/mol. The fourth-order valence-electron chi connectivity index (χ4n) is 3.72. The highest BCUT2D eigenvalue weighted by Gasteiger charge is 2.32. The highest BCUT2D eigenvalue weighted by atomic mass is 32.2. The molecule has 0 saturated carbocycles. The maximum Gasteiger partial charge on any atom is 0.252 e. The second kappa shape index (κ2) is 6.49. The van der Waals surface area contributed by atoms with Gasteiger partial charge >= 0.3 is 0 Å². The van der Waals surface area contributed by atoms with E-state index in [-0.39, 0.29) is 41.8 Å². The van der Waals surface area contributed by atoms with Crippen LogP contribution in [0.4, 0.5) is 5.82 Å². The number of nitrogens with zero attached hydrogens (tertiary/aromatic N) is 2. The zero-order valence-corrected chi connectivity index (χ0v) is 15.6. The van der Waals surface area contributed by atoms with Crippen LogP contribution in [0.1, 0.15) is 46.5 Å². The summed E-state index contributed by atoms with van der Waals surface area (Å²) in [5, 5.41) is 10.0. The number of carbonyl (C=O) groups is 2. The van der Waals surface area contributed by atoms with Crippen LogP contribution in [-0.4, -0.2) is 41.5 Å². The number of rotatable bonds is 4. The minimum absolute atomic E-state index is 0.0308. The van der Waals surface area contributed by atoms with Gasteiger partial charge in [0.05, 0.1) is 35.7 Å². The highest BCUT2D eigenvalue weighted by molar-refractivity contribution is 7.91. The summed E-state index contributed by atoms with van der Waals surface area (Å²) < 4.78 is 25.1.